The molecule has 1 aliphatic rings. The zero-order valence-electron chi connectivity index (χ0n) is 16.3. The monoisotopic (exact) mass is 419 g/mol. The topological polar surface area (TPSA) is 110 Å². The van der Waals surface area contributed by atoms with E-state index in [0.29, 0.717) is 17.8 Å². The van der Waals surface area contributed by atoms with Gasteiger partial charge in [0.2, 0.25) is 0 Å². The molecule has 0 aromatic carbocycles. The molecule has 0 unspecified atom stereocenters. The quantitative estimate of drug-likeness (QED) is 0.599. The third kappa shape index (κ3) is 3.45. The van der Waals surface area contributed by atoms with Crippen molar-refractivity contribution in [1.29, 1.82) is 0 Å². The van der Waals surface area contributed by atoms with Gasteiger partial charge in [0.05, 0.1) is 22.5 Å². The second-order valence-electron chi connectivity index (χ2n) is 7.42. The fourth-order valence-corrected chi connectivity index (χ4v) is 3.64. The average molecular weight is 419 g/mol. The van der Waals surface area contributed by atoms with E-state index in [2.05, 4.69) is 25.7 Å². The SMILES string of the molecule is Cc1ncc(-c2cc(C(F)(F)F)c3c(N)ncnn23)cc1C(=O)N[C@@H]1CNC[C@@H]1C. The summed E-state index contributed by atoms with van der Waals surface area (Å²) in [6, 6.07) is 2.43. The van der Waals surface area contributed by atoms with Crippen molar-refractivity contribution in [2.45, 2.75) is 26.1 Å². The second kappa shape index (κ2) is 7.24. The molecule has 0 bridgehead atoms. The molecule has 0 radical (unpaired) electrons. The lowest BCUT2D eigenvalue weighted by Crippen LogP contribution is -2.39. The predicted octanol–water partition coefficient (Wildman–Crippen LogP) is 2.04. The van der Waals surface area contributed by atoms with Crippen molar-refractivity contribution in [2.75, 3.05) is 18.8 Å². The molecule has 11 heteroatoms. The molecule has 3 aromatic rings. The van der Waals surface area contributed by atoms with Crippen molar-refractivity contribution >= 4 is 17.2 Å². The summed E-state index contributed by atoms with van der Waals surface area (Å²) >= 11 is 0. The van der Waals surface area contributed by atoms with Crippen LogP contribution in [0, 0.1) is 12.8 Å². The largest absolute Gasteiger partial charge is 0.418 e. The van der Waals surface area contributed by atoms with Crippen LogP contribution in [0.15, 0.2) is 24.7 Å². The number of fused-ring (bicyclic) bond motifs is 1. The number of hydrogen-bond acceptors (Lipinski definition) is 6. The van der Waals surface area contributed by atoms with Crippen molar-refractivity contribution in [2.24, 2.45) is 5.92 Å². The Morgan fingerprint density at radius 2 is 2.07 bits per heavy atom. The summed E-state index contributed by atoms with van der Waals surface area (Å²) in [7, 11) is 0. The summed E-state index contributed by atoms with van der Waals surface area (Å²) in [5.74, 6) is -0.341. The molecule has 1 fully saturated rings. The van der Waals surface area contributed by atoms with Crippen LogP contribution >= 0.6 is 0 Å². The maximum atomic E-state index is 13.6. The van der Waals surface area contributed by atoms with Crippen molar-refractivity contribution in [3.05, 3.63) is 41.5 Å². The summed E-state index contributed by atoms with van der Waals surface area (Å²) in [4.78, 5) is 20.7. The Bertz CT molecular complexity index is 1130. The van der Waals surface area contributed by atoms with E-state index >= 15 is 0 Å². The average Bonchev–Trinajstić information content (AvgIpc) is 3.27. The minimum atomic E-state index is -4.65. The number of halogens is 3. The number of nitrogens with zero attached hydrogens (tertiary/aromatic N) is 4. The molecule has 8 nitrogen and oxygen atoms in total. The van der Waals surface area contributed by atoms with Gasteiger partial charge in [0.1, 0.15) is 11.8 Å². The number of alkyl halides is 3. The number of hydrogen-bond donors (Lipinski definition) is 3. The summed E-state index contributed by atoms with van der Waals surface area (Å²) in [6.45, 7) is 5.17. The molecule has 158 valence electrons. The Labute approximate surface area is 169 Å². The highest BCUT2D eigenvalue weighted by Crippen LogP contribution is 2.38. The van der Waals surface area contributed by atoms with E-state index < -0.39 is 11.7 Å². The van der Waals surface area contributed by atoms with Crippen molar-refractivity contribution in [3.63, 3.8) is 0 Å². The normalized spacial score (nSPS) is 19.4. The van der Waals surface area contributed by atoms with Crippen molar-refractivity contribution < 1.29 is 18.0 Å². The zero-order valence-corrected chi connectivity index (χ0v) is 16.3. The Hall–Kier alpha value is -3.21. The minimum Gasteiger partial charge on any atom is -0.382 e. The van der Waals surface area contributed by atoms with Gasteiger partial charge in [-0.2, -0.15) is 18.3 Å². The molecule has 0 saturated carbocycles. The highest BCUT2D eigenvalue weighted by Gasteiger charge is 2.36. The molecule has 4 rings (SSSR count). The summed E-state index contributed by atoms with van der Waals surface area (Å²) in [5.41, 5.74) is 5.60. The van der Waals surface area contributed by atoms with Crippen LogP contribution in [0.1, 0.15) is 28.5 Å². The van der Waals surface area contributed by atoms with Crippen LogP contribution in [-0.2, 0) is 6.18 Å². The van der Waals surface area contributed by atoms with Gasteiger partial charge in [-0.05, 0) is 31.5 Å². The number of anilines is 1. The van der Waals surface area contributed by atoms with Gasteiger partial charge in [-0.3, -0.25) is 9.78 Å². The van der Waals surface area contributed by atoms with Gasteiger partial charge in [0.15, 0.2) is 5.82 Å². The minimum absolute atomic E-state index is 0.0287. The third-order valence-corrected chi connectivity index (χ3v) is 5.35. The number of nitrogens with one attached hydrogen (secondary N) is 2. The molecule has 1 aliphatic heterocycles. The van der Waals surface area contributed by atoms with Crippen LogP contribution < -0.4 is 16.4 Å². The van der Waals surface area contributed by atoms with Gasteiger partial charge < -0.3 is 16.4 Å². The molecule has 0 spiro atoms. The number of carbonyl (C=O) groups excluding carboxylic acids is 1. The van der Waals surface area contributed by atoms with Crippen molar-refractivity contribution in [1.82, 2.24) is 30.2 Å². The molecular weight excluding hydrogens is 399 g/mol. The van der Waals surface area contributed by atoms with E-state index in [1.54, 1.807) is 6.92 Å². The Balaban J connectivity index is 1.79. The lowest BCUT2D eigenvalue weighted by molar-refractivity contribution is -0.136. The first-order valence-corrected chi connectivity index (χ1v) is 9.35. The maximum absolute atomic E-state index is 13.6. The van der Waals surface area contributed by atoms with Gasteiger partial charge >= 0.3 is 6.18 Å². The first kappa shape index (κ1) is 20.1. The Morgan fingerprint density at radius 3 is 2.73 bits per heavy atom. The fourth-order valence-electron chi connectivity index (χ4n) is 3.64. The van der Waals surface area contributed by atoms with Gasteiger partial charge in [-0.25, -0.2) is 9.50 Å². The van der Waals surface area contributed by atoms with E-state index in [1.807, 2.05) is 6.92 Å². The van der Waals surface area contributed by atoms with E-state index in [-0.39, 0.29) is 40.5 Å². The maximum Gasteiger partial charge on any atom is 0.418 e. The Kier molecular flexibility index (Phi) is 4.85. The highest BCUT2D eigenvalue weighted by molar-refractivity contribution is 5.96. The number of aryl methyl sites for hydroxylation is 1. The van der Waals surface area contributed by atoms with E-state index in [4.69, 9.17) is 5.73 Å². The number of amides is 1. The number of nitrogens with two attached hydrogens (primary N) is 1. The van der Waals surface area contributed by atoms with Crippen molar-refractivity contribution in [3.8, 4) is 11.3 Å². The van der Waals surface area contributed by atoms with Crippen LogP contribution in [0.2, 0.25) is 0 Å². The van der Waals surface area contributed by atoms with Crippen LogP contribution in [0.3, 0.4) is 0 Å². The smallest absolute Gasteiger partial charge is 0.382 e. The molecule has 4 N–H and O–H groups in total. The molecule has 2 atom stereocenters. The molecule has 0 aliphatic carbocycles. The molecule has 1 saturated heterocycles. The van der Waals surface area contributed by atoms with E-state index in [9.17, 15) is 18.0 Å². The molecule has 3 aromatic heterocycles. The highest BCUT2D eigenvalue weighted by atomic mass is 19.4. The van der Waals surface area contributed by atoms with Crippen LogP contribution in [0.4, 0.5) is 19.0 Å². The van der Waals surface area contributed by atoms with Crippen LogP contribution in [0.25, 0.3) is 16.8 Å². The Morgan fingerprint density at radius 1 is 1.30 bits per heavy atom. The third-order valence-electron chi connectivity index (χ3n) is 5.35. The lowest BCUT2D eigenvalue weighted by Gasteiger charge is -2.17. The van der Waals surface area contributed by atoms with Crippen LogP contribution in [0.5, 0.6) is 0 Å². The number of pyridine rings is 1. The van der Waals surface area contributed by atoms with Gasteiger partial charge in [0.25, 0.3) is 5.91 Å². The van der Waals surface area contributed by atoms with E-state index in [1.165, 1.54) is 12.3 Å². The molecule has 4 heterocycles. The van der Waals surface area contributed by atoms with Gasteiger partial charge in [-0.1, -0.05) is 6.92 Å². The standard InChI is InChI=1S/C19H20F3N7O/c1-9-5-24-7-14(9)28-18(30)12-3-11(6-25-10(12)2)15-4-13(19(20,21)22)16-17(23)26-8-27-29(15)16/h3-4,6,8-9,14,24H,5,7H2,1-2H3,(H,28,30)(H2,23,26,27)/t9-,14+/m0/s1. The summed E-state index contributed by atoms with van der Waals surface area (Å²) < 4.78 is 41.7. The summed E-state index contributed by atoms with van der Waals surface area (Å²) in [5, 5.41) is 10.1. The van der Waals surface area contributed by atoms with Crippen LogP contribution in [-0.4, -0.2) is 44.6 Å². The first-order valence-electron chi connectivity index (χ1n) is 9.35. The lowest BCUT2D eigenvalue weighted by atomic mass is 10.0. The van der Waals surface area contributed by atoms with Gasteiger partial charge in [0, 0.05) is 24.3 Å². The summed E-state index contributed by atoms with van der Waals surface area (Å²) in [6.07, 6.45) is -2.16. The number of aromatic nitrogens is 4. The predicted molar refractivity (Wildman–Crippen MR) is 104 cm³/mol. The molecular formula is C19H20F3N7O. The van der Waals surface area contributed by atoms with E-state index in [0.717, 1.165) is 23.5 Å². The van der Waals surface area contributed by atoms with Gasteiger partial charge in [-0.15, -0.1) is 0 Å². The zero-order chi connectivity index (χ0) is 21.6. The molecule has 1 amide bonds. The first-order chi connectivity index (χ1) is 14.2. The molecule has 30 heavy (non-hydrogen) atoms. The number of rotatable bonds is 3. The second-order valence-corrected chi connectivity index (χ2v) is 7.42. The fraction of sp³-hybridized carbons (Fsp3) is 0.368. The number of nitrogen functional groups attached to an aromatic ring is 1. The number of carbonyl (C=O) groups is 1.